The largest absolute Gasteiger partial charge is 0.431 e. The van der Waals surface area contributed by atoms with Gasteiger partial charge >= 0.3 is 18.4 Å². The number of halogens is 6. The van der Waals surface area contributed by atoms with E-state index >= 15 is 0 Å². The van der Waals surface area contributed by atoms with Crippen molar-refractivity contribution in [3.8, 4) is 11.3 Å². The smallest absolute Gasteiger partial charge is 0.430 e. The average Bonchev–Trinajstić information content (AvgIpc) is 2.76. The van der Waals surface area contributed by atoms with Gasteiger partial charge in [0.2, 0.25) is 6.10 Å². The topological polar surface area (TPSA) is 79.4 Å². The number of nitrogens with zero attached hydrogens (tertiary/aromatic N) is 3. The van der Waals surface area contributed by atoms with E-state index in [0.29, 0.717) is 32.1 Å². The molecular weight excluding hydrogens is 456 g/mol. The molecule has 4 rings (SSSR count). The molecule has 0 unspecified atom stereocenters. The van der Waals surface area contributed by atoms with Crippen molar-refractivity contribution in [1.29, 1.82) is 0 Å². The number of hydrogen-bond donors (Lipinski definition) is 2. The highest BCUT2D eigenvalue weighted by Crippen LogP contribution is 2.46. The maximum Gasteiger partial charge on any atom is 0.430 e. The van der Waals surface area contributed by atoms with Crippen molar-refractivity contribution >= 4 is 17.7 Å². The van der Waals surface area contributed by atoms with Crippen LogP contribution in [-0.4, -0.2) is 47.9 Å². The number of piperazine rings is 1. The highest BCUT2D eigenvalue weighted by atomic mass is 19.4. The zero-order valence-electron chi connectivity index (χ0n) is 17.2. The van der Waals surface area contributed by atoms with Crippen molar-refractivity contribution in [2.45, 2.75) is 37.8 Å². The zero-order chi connectivity index (χ0) is 24.0. The van der Waals surface area contributed by atoms with E-state index in [9.17, 15) is 31.1 Å². The second-order valence-electron chi connectivity index (χ2n) is 7.63. The van der Waals surface area contributed by atoms with Gasteiger partial charge in [-0.1, -0.05) is 6.92 Å². The first-order valence-corrected chi connectivity index (χ1v) is 10.1. The fourth-order valence-electron chi connectivity index (χ4n) is 3.98. The van der Waals surface area contributed by atoms with Gasteiger partial charge in [-0.05, 0) is 24.6 Å². The number of carbonyl (C=O) groups is 1. The molecule has 0 saturated carbocycles. The maximum atomic E-state index is 13.7. The summed E-state index contributed by atoms with van der Waals surface area (Å²) >= 11 is 0. The van der Waals surface area contributed by atoms with Crippen molar-refractivity contribution in [3.63, 3.8) is 0 Å². The van der Waals surface area contributed by atoms with Gasteiger partial charge in [0.1, 0.15) is 11.6 Å². The summed E-state index contributed by atoms with van der Waals surface area (Å²) in [7, 11) is 0. The van der Waals surface area contributed by atoms with Crippen LogP contribution in [0, 0.1) is 0 Å². The third kappa shape index (κ3) is 4.54. The monoisotopic (exact) mass is 475 g/mol. The normalized spacial score (nSPS) is 21.3. The molecule has 2 aromatic rings. The van der Waals surface area contributed by atoms with Crippen LogP contribution in [-0.2, 0) is 10.9 Å². The Morgan fingerprint density at radius 3 is 2.64 bits per heavy atom. The number of pyridine rings is 2. The van der Waals surface area contributed by atoms with E-state index in [1.165, 1.54) is 0 Å². The fourth-order valence-corrected chi connectivity index (χ4v) is 3.98. The number of anilines is 2. The molecule has 178 valence electrons. The second kappa shape index (κ2) is 8.36. The van der Waals surface area contributed by atoms with Crippen LogP contribution in [0.15, 0.2) is 24.4 Å². The summed E-state index contributed by atoms with van der Waals surface area (Å²) in [5.74, 6) is -0.441. The molecule has 1 saturated heterocycles. The van der Waals surface area contributed by atoms with Gasteiger partial charge in [0.05, 0.1) is 16.8 Å². The van der Waals surface area contributed by atoms with Crippen LogP contribution in [0.4, 0.5) is 42.8 Å². The Morgan fingerprint density at radius 2 is 1.97 bits per heavy atom. The fraction of sp³-hybridized carbons (Fsp3) is 0.450. The summed E-state index contributed by atoms with van der Waals surface area (Å²) in [5.41, 5.74) is -2.25. The standard InChI is InChI=1S/C20H19F6N5O2/c1-2-11-9-27-5-6-31(11)14-8-10(19(21,22)23)7-13(29-14)12-3-4-28-17-15(12)16(20(24,25)26)33-18(32)30-17/h3-4,7-8,11,16,27H,2,5-6,9H2,1H3,(H,28,30,32)/t11-,16+/m1/s1. The van der Waals surface area contributed by atoms with Gasteiger partial charge in [-0.25, -0.2) is 14.8 Å². The Morgan fingerprint density at radius 1 is 1.21 bits per heavy atom. The summed E-state index contributed by atoms with van der Waals surface area (Å²) in [5, 5.41) is 5.23. The number of alkyl halides is 6. The predicted molar refractivity (Wildman–Crippen MR) is 106 cm³/mol. The van der Waals surface area contributed by atoms with Crippen LogP contribution in [0.3, 0.4) is 0 Å². The van der Waals surface area contributed by atoms with Gasteiger partial charge in [-0.15, -0.1) is 0 Å². The minimum Gasteiger partial charge on any atom is -0.431 e. The van der Waals surface area contributed by atoms with Crippen LogP contribution < -0.4 is 15.5 Å². The van der Waals surface area contributed by atoms with Crippen molar-refractivity contribution in [3.05, 3.63) is 35.5 Å². The third-order valence-electron chi connectivity index (χ3n) is 5.53. The van der Waals surface area contributed by atoms with Gasteiger partial charge in [0.15, 0.2) is 0 Å². The number of aromatic nitrogens is 2. The van der Waals surface area contributed by atoms with Gasteiger partial charge in [0.25, 0.3) is 0 Å². The lowest BCUT2D eigenvalue weighted by Gasteiger charge is -2.37. The Kier molecular flexibility index (Phi) is 5.85. The highest BCUT2D eigenvalue weighted by molar-refractivity contribution is 5.89. The number of ether oxygens (including phenoxy) is 1. The molecule has 2 aliphatic rings. The summed E-state index contributed by atoms with van der Waals surface area (Å²) in [6.45, 7) is 3.31. The Hall–Kier alpha value is -3.09. The summed E-state index contributed by atoms with van der Waals surface area (Å²) in [4.78, 5) is 21.4. The van der Waals surface area contributed by atoms with Crippen molar-refractivity contribution < 1.29 is 35.9 Å². The Bertz CT molecular complexity index is 1060. The molecule has 7 nitrogen and oxygen atoms in total. The van der Waals surface area contributed by atoms with Crippen LogP contribution in [0.1, 0.15) is 30.6 Å². The molecular formula is C20H19F6N5O2. The summed E-state index contributed by atoms with van der Waals surface area (Å²) in [6, 6.07) is 2.57. The van der Waals surface area contributed by atoms with Crippen LogP contribution >= 0.6 is 0 Å². The number of cyclic esters (lactones) is 1. The summed E-state index contributed by atoms with van der Waals surface area (Å²) in [6.07, 6.45) is -12.1. The van der Waals surface area contributed by atoms with Gasteiger partial charge in [-0.2, -0.15) is 26.3 Å². The van der Waals surface area contributed by atoms with Gasteiger partial charge < -0.3 is 15.0 Å². The number of nitrogens with one attached hydrogen (secondary N) is 2. The van der Waals surface area contributed by atoms with Crippen molar-refractivity contribution in [2.24, 2.45) is 0 Å². The van der Waals surface area contributed by atoms with Crippen molar-refractivity contribution in [1.82, 2.24) is 15.3 Å². The molecule has 2 aromatic heterocycles. The molecule has 2 aliphatic heterocycles. The molecule has 0 aromatic carbocycles. The molecule has 4 heterocycles. The first-order valence-electron chi connectivity index (χ1n) is 10.1. The molecule has 13 heteroatoms. The van der Waals surface area contributed by atoms with E-state index in [1.807, 2.05) is 6.92 Å². The number of hydrogen-bond acceptors (Lipinski definition) is 6. The van der Waals surface area contributed by atoms with E-state index < -0.39 is 41.5 Å². The Balaban J connectivity index is 1.91. The minimum absolute atomic E-state index is 0.00283. The average molecular weight is 475 g/mol. The molecule has 0 bridgehead atoms. The van der Waals surface area contributed by atoms with E-state index in [0.717, 1.165) is 18.3 Å². The SMILES string of the molecule is CC[C@@H]1CNCCN1c1cc(C(F)(F)F)cc(-c2ccnc3c2[C@@H](C(F)(F)F)OC(=O)N3)n1. The highest BCUT2D eigenvalue weighted by Gasteiger charge is 2.49. The number of carbonyl (C=O) groups excluding carboxylic acids is 1. The first kappa shape index (κ1) is 23.1. The molecule has 0 aliphatic carbocycles. The first-order chi connectivity index (χ1) is 15.5. The van der Waals surface area contributed by atoms with E-state index in [1.54, 1.807) is 4.90 Å². The lowest BCUT2D eigenvalue weighted by atomic mass is 9.98. The number of rotatable bonds is 3. The van der Waals surface area contributed by atoms with Gasteiger partial charge in [0, 0.05) is 37.4 Å². The number of amides is 1. The minimum atomic E-state index is -5.01. The van der Waals surface area contributed by atoms with Gasteiger partial charge in [-0.3, -0.25) is 5.32 Å². The van der Waals surface area contributed by atoms with Crippen LogP contribution in [0.25, 0.3) is 11.3 Å². The maximum absolute atomic E-state index is 13.7. The lowest BCUT2D eigenvalue weighted by Crippen LogP contribution is -2.51. The zero-order valence-corrected chi connectivity index (χ0v) is 17.2. The predicted octanol–water partition coefficient (Wildman–Crippen LogP) is 4.52. The molecule has 0 spiro atoms. The molecule has 1 fully saturated rings. The molecule has 2 N–H and O–H groups in total. The third-order valence-corrected chi connectivity index (χ3v) is 5.53. The summed E-state index contributed by atoms with van der Waals surface area (Å²) < 4.78 is 86.7. The van der Waals surface area contributed by atoms with Crippen LogP contribution in [0.5, 0.6) is 0 Å². The Labute approximate surface area is 184 Å². The number of fused-ring (bicyclic) bond motifs is 1. The van der Waals surface area contributed by atoms with Crippen molar-refractivity contribution in [2.75, 3.05) is 29.9 Å². The second-order valence-corrected chi connectivity index (χ2v) is 7.63. The molecule has 1 amide bonds. The van der Waals surface area contributed by atoms with E-state index in [2.05, 4.69) is 25.3 Å². The molecule has 0 radical (unpaired) electrons. The molecule has 33 heavy (non-hydrogen) atoms. The lowest BCUT2D eigenvalue weighted by molar-refractivity contribution is -0.206. The molecule has 2 atom stereocenters. The van der Waals surface area contributed by atoms with Crippen LogP contribution in [0.2, 0.25) is 0 Å². The van der Waals surface area contributed by atoms with E-state index in [-0.39, 0.29) is 23.1 Å². The quantitative estimate of drug-likeness (QED) is 0.636. The van der Waals surface area contributed by atoms with E-state index in [4.69, 9.17) is 0 Å².